The van der Waals surface area contributed by atoms with Crippen LogP contribution in [-0.4, -0.2) is 54.6 Å². The molecule has 28 heavy (non-hydrogen) atoms. The lowest BCUT2D eigenvalue weighted by Gasteiger charge is -2.34. The molecule has 1 fully saturated rings. The van der Waals surface area contributed by atoms with E-state index in [0.29, 0.717) is 5.56 Å². The summed E-state index contributed by atoms with van der Waals surface area (Å²) >= 11 is 0. The van der Waals surface area contributed by atoms with Crippen LogP contribution in [0, 0.1) is 15.9 Å². The second-order valence-corrected chi connectivity index (χ2v) is 8.18. The maximum Gasteiger partial charge on any atom is 0.273 e. The molecule has 0 aliphatic carbocycles. The van der Waals surface area contributed by atoms with Gasteiger partial charge in [-0.1, -0.05) is 30.3 Å². The average molecular weight is 407 g/mol. The SMILES string of the molecule is O=C(Cc1ccccc1[N+](=O)[O-])N1CCN(S(=O)(=O)c2ccccc2F)CC1. The first-order valence-corrected chi connectivity index (χ1v) is 9.99. The van der Waals surface area contributed by atoms with Crippen molar-refractivity contribution >= 4 is 21.6 Å². The quantitative estimate of drug-likeness (QED) is 0.556. The number of rotatable bonds is 5. The number of nitro groups is 1. The molecular formula is C18H18FN3O5S. The third-order valence-corrected chi connectivity index (χ3v) is 6.51. The van der Waals surface area contributed by atoms with Crippen molar-refractivity contribution in [1.82, 2.24) is 9.21 Å². The van der Waals surface area contributed by atoms with Crippen LogP contribution in [0.1, 0.15) is 5.56 Å². The fourth-order valence-corrected chi connectivity index (χ4v) is 4.57. The molecule has 2 aromatic carbocycles. The maximum absolute atomic E-state index is 13.9. The Labute approximate surface area is 161 Å². The number of amides is 1. The van der Waals surface area contributed by atoms with Crippen LogP contribution in [0.4, 0.5) is 10.1 Å². The highest BCUT2D eigenvalue weighted by atomic mass is 32.2. The molecule has 0 radical (unpaired) electrons. The number of piperazine rings is 1. The molecule has 1 aliphatic heterocycles. The van der Waals surface area contributed by atoms with E-state index in [1.807, 2.05) is 0 Å². The van der Waals surface area contributed by atoms with E-state index >= 15 is 0 Å². The normalized spacial score (nSPS) is 15.4. The van der Waals surface area contributed by atoms with Crippen LogP contribution >= 0.6 is 0 Å². The van der Waals surface area contributed by atoms with E-state index in [4.69, 9.17) is 0 Å². The molecule has 8 nitrogen and oxygen atoms in total. The van der Waals surface area contributed by atoms with Crippen molar-refractivity contribution < 1.29 is 22.5 Å². The largest absolute Gasteiger partial charge is 0.340 e. The third kappa shape index (κ3) is 4.02. The Balaban J connectivity index is 1.67. The second kappa shape index (κ2) is 8.03. The number of carbonyl (C=O) groups is 1. The van der Waals surface area contributed by atoms with Crippen molar-refractivity contribution in [2.24, 2.45) is 0 Å². The lowest BCUT2D eigenvalue weighted by Crippen LogP contribution is -2.51. The fraction of sp³-hybridized carbons (Fsp3) is 0.278. The summed E-state index contributed by atoms with van der Waals surface area (Å²) in [5, 5.41) is 11.1. The molecule has 1 amide bonds. The van der Waals surface area contributed by atoms with Crippen molar-refractivity contribution in [2.75, 3.05) is 26.2 Å². The Morgan fingerprint density at radius 1 is 1.04 bits per heavy atom. The summed E-state index contributed by atoms with van der Waals surface area (Å²) in [6.45, 7) is 0.318. The summed E-state index contributed by atoms with van der Waals surface area (Å²) in [4.78, 5) is 24.1. The van der Waals surface area contributed by atoms with Crippen LogP contribution in [0.3, 0.4) is 0 Å². The van der Waals surface area contributed by atoms with E-state index in [1.165, 1.54) is 41.3 Å². The van der Waals surface area contributed by atoms with Gasteiger partial charge in [-0.25, -0.2) is 12.8 Å². The number of nitrogens with zero attached hydrogens (tertiary/aromatic N) is 3. The zero-order chi connectivity index (χ0) is 20.3. The minimum Gasteiger partial charge on any atom is -0.340 e. The van der Waals surface area contributed by atoms with Gasteiger partial charge >= 0.3 is 0 Å². The number of nitro benzene ring substituents is 1. The van der Waals surface area contributed by atoms with Crippen molar-refractivity contribution in [3.05, 3.63) is 70.0 Å². The highest BCUT2D eigenvalue weighted by molar-refractivity contribution is 7.89. The first-order chi connectivity index (χ1) is 13.3. The number of carbonyl (C=O) groups excluding carboxylic acids is 1. The number of hydrogen-bond acceptors (Lipinski definition) is 5. The first-order valence-electron chi connectivity index (χ1n) is 8.55. The minimum absolute atomic E-state index is 0.0271. The van der Waals surface area contributed by atoms with E-state index in [2.05, 4.69) is 0 Å². The number of benzene rings is 2. The standard InChI is InChI=1S/C18H18FN3O5S/c19-15-6-2-4-8-17(15)28(26,27)21-11-9-20(10-12-21)18(23)13-14-5-1-3-7-16(14)22(24)25/h1-8H,9-13H2. The summed E-state index contributed by atoms with van der Waals surface area (Å²) in [5.74, 6) is -1.14. The monoisotopic (exact) mass is 407 g/mol. The fourth-order valence-electron chi connectivity index (χ4n) is 3.08. The molecule has 1 aliphatic rings. The van der Waals surface area contributed by atoms with E-state index < -0.39 is 25.7 Å². The Morgan fingerprint density at radius 2 is 1.64 bits per heavy atom. The Kier molecular flexibility index (Phi) is 5.71. The summed E-state index contributed by atoms with van der Waals surface area (Å²) < 4.78 is 40.2. The van der Waals surface area contributed by atoms with Crippen molar-refractivity contribution in [3.8, 4) is 0 Å². The van der Waals surface area contributed by atoms with Gasteiger partial charge < -0.3 is 4.90 Å². The van der Waals surface area contributed by atoms with Crippen molar-refractivity contribution in [3.63, 3.8) is 0 Å². The average Bonchev–Trinajstić information content (AvgIpc) is 2.68. The van der Waals surface area contributed by atoms with Crippen molar-refractivity contribution in [1.29, 1.82) is 0 Å². The van der Waals surface area contributed by atoms with E-state index in [0.717, 1.165) is 10.4 Å². The summed E-state index contributed by atoms with van der Waals surface area (Å²) in [7, 11) is -3.99. The molecule has 1 heterocycles. The Bertz CT molecular complexity index is 1000. The van der Waals surface area contributed by atoms with Gasteiger partial charge in [-0.15, -0.1) is 0 Å². The second-order valence-electron chi connectivity index (χ2n) is 6.28. The molecule has 0 atom stereocenters. The van der Waals surface area contributed by atoms with E-state index in [1.54, 1.807) is 6.07 Å². The molecule has 0 unspecified atom stereocenters. The number of para-hydroxylation sites is 1. The van der Waals surface area contributed by atoms with Crippen molar-refractivity contribution in [2.45, 2.75) is 11.3 Å². The molecule has 3 rings (SSSR count). The molecule has 10 heteroatoms. The molecule has 0 saturated carbocycles. The van der Waals surface area contributed by atoms with Gasteiger partial charge in [0.2, 0.25) is 15.9 Å². The van der Waals surface area contributed by atoms with Gasteiger partial charge in [0.15, 0.2) is 0 Å². The third-order valence-electron chi connectivity index (χ3n) is 4.58. The van der Waals surface area contributed by atoms with E-state index in [-0.39, 0.29) is 44.2 Å². The van der Waals surface area contributed by atoms with Crippen LogP contribution in [-0.2, 0) is 21.2 Å². The molecule has 0 spiro atoms. The maximum atomic E-state index is 13.9. The lowest BCUT2D eigenvalue weighted by molar-refractivity contribution is -0.385. The van der Waals surface area contributed by atoms with Gasteiger partial charge in [-0.05, 0) is 12.1 Å². The molecule has 0 bridgehead atoms. The zero-order valence-electron chi connectivity index (χ0n) is 14.8. The summed E-state index contributed by atoms with van der Waals surface area (Å²) in [6.07, 6.45) is -0.142. The van der Waals surface area contributed by atoms with Gasteiger partial charge in [-0.2, -0.15) is 4.31 Å². The molecular weight excluding hydrogens is 389 g/mol. The summed E-state index contributed by atoms with van der Waals surface area (Å²) in [6, 6.07) is 11.1. The highest BCUT2D eigenvalue weighted by Crippen LogP contribution is 2.22. The van der Waals surface area contributed by atoms with Gasteiger partial charge in [0.05, 0.1) is 11.3 Å². The topological polar surface area (TPSA) is 101 Å². The van der Waals surface area contributed by atoms with Crippen LogP contribution < -0.4 is 0 Å². The van der Waals surface area contributed by atoms with Gasteiger partial charge in [0.25, 0.3) is 5.69 Å². The van der Waals surface area contributed by atoms with Gasteiger partial charge in [0, 0.05) is 37.8 Å². The van der Waals surface area contributed by atoms with Crippen LogP contribution in [0.15, 0.2) is 53.4 Å². The first kappa shape index (κ1) is 19.9. The smallest absolute Gasteiger partial charge is 0.273 e. The van der Waals surface area contributed by atoms with Crippen LogP contribution in [0.25, 0.3) is 0 Å². The predicted molar refractivity (Wildman–Crippen MR) is 98.5 cm³/mol. The minimum atomic E-state index is -3.99. The molecule has 0 aromatic heterocycles. The van der Waals surface area contributed by atoms with Crippen LogP contribution in [0.2, 0.25) is 0 Å². The number of sulfonamides is 1. The van der Waals surface area contributed by atoms with E-state index in [9.17, 15) is 27.7 Å². The molecule has 148 valence electrons. The molecule has 2 aromatic rings. The Morgan fingerprint density at radius 3 is 2.29 bits per heavy atom. The highest BCUT2D eigenvalue weighted by Gasteiger charge is 2.32. The lowest BCUT2D eigenvalue weighted by atomic mass is 10.1. The summed E-state index contributed by atoms with van der Waals surface area (Å²) in [5.41, 5.74) is 0.176. The zero-order valence-corrected chi connectivity index (χ0v) is 15.6. The molecule has 0 N–H and O–H groups in total. The number of halogens is 1. The molecule has 1 saturated heterocycles. The van der Waals surface area contributed by atoms with Gasteiger partial charge in [0.1, 0.15) is 10.7 Å². The number of hydrogen-bond donors (Lipinski definition) is 0. The van der Waals surface area contributed by atoms with Crippen LogP contribution in [0.5, 0.6) is 0 Å². The predicted octanol–water partition coefficient (Wildman–Crippen LogP) is 1.81. The Hall–Kier alpha value is -2.85. The van der Waals surface area contributed by atoms with Gasteiger partial charge in [-0.3, -0.25) is 14.9 Å².